The molecule has 0 aromatic heterocycles. The lowest BCUT2D eigenvalue weighted by Crippen LogP contribution is -2.07. The summed E-state index contributed by atoms with van der Waals surface area (Å²) in [6, 6.07) is 16.2. The third kappa shape index (κ3) is 3.02. The molecule has 19 heavy (non-hydrogen) atoms. The molecule has 0 aliphatic heterocycles. The summed E-state index contributed by atoms with van der Waals surface area (Å²) in [7, 11) is 0. The van der Waals surface area contributed by atoms with E-state index in [1.165, 1.54) is 5.56 Å². The van der Waals surface area contributed by atoms with Crippen LogP contribution < -0.4 is 0 Å². The molecule has 1 N–H and O–H groups in total. The van der Waals surface area contributed by atoms with E-state index in [0.717, 1.165) is 23.1 Å². The van der Waals surface area contributed by atoms with Gasteiger partial charge in [-0.05, 0) is 35.6 Å². The number of carbonyl (C=O) groups is 1. The first-order chi connectivity index (χ1) is 9.11. The lowest BCUT2D eigenvalue weighted by atomic mass is 9.96. The minimum atomic E-state index is -0.793. The van der Waals surface area contributed by atoms with Crippen LogP contribution in [0.5, 0.6) is 0 Å². The van der Waals surface area contributed by atoms with Crippen molar-refractivity contribution in [2.45, 2.75) is 26.2 Å². The quantitative estimate of drug-likeness (QED) is 0.891. The highest BCUT2D eigenvalue weighted by atomic mass is 16.4. The maximum atomic E-state index is 11.0. The van der Waals surface area contributed by atoms with Crippen molar-refractivity contribution in [3.63, 3.8) is 0 Å². The van der Waals surface area contributed by atoms with Gasteiger partial charge in [0.1, 0.15) is 0 Å². The zero-order chi connectivity index (χ0) is 13.8. The van der Waals surface area contributed by atoms with E-state index in [-0.39, 0.29) is 0 Å². The van der Waals surface area contributed by atoms with Crippen LogP contribution in [-0.4, -0.2) is 11.1 Å². The van der Waals surface area contributed by atoms with E-state index in [4.69, 9.17) is 5.11 Å². The summed E-state index contributed by atoms with van der Waals surface area (Å²) in [6.07, 6.45) is 1.02. The molecule has 0 aliphatic rings. The molecule has 2 aromatic carbocycles. The minimum Gasteiger partial charge on any atom is -0.481 e. The van der Waals surface area contributed by atoms with Crippen molar-refractivity contribution in [3.8, 4) is 11.1 Å². The fourth-order valence-electron chi connectivity index (χ4n) is 2.06. The molecular weight excluding hydrogens is 236 g/mol. The molecular formula is C17H18O2. The van der Waals surface area contributed by atoms with Crippen molar-refractivity contribution in [1.29, 1.82) is 0 Å². The number of aryl methyl sites for hydroxylation is 1. The van der Waals surface area contributed by atoms with Crippen molar-refractivity contribution < 1.29 is 9.90 Å². The molecule has 0 heterocycles. The molecule has 0 bridgehead atoms. The third-order valence-electron chi connectivity index (χ3n) is 3.45. The summed E-state index contributed by atoms with van der Waals surface area (Å²) in [6.45, 7) is 3.84. The number of rotatable bonds is 4. The smallest absolute Gasteiger partial charge is 0.310 e. The zero-order valence-corrected chi connectivity index (χ0v) is 11.3. The van der Waals surface area contributed by atoms with Crippen molar-refractivity contribution in [2.24, 2.45) is 0 Å². The topological polar surface area (TPSA) is 37.3 Å². The van der Waals surface area contributed by atoms with E-state index in [1.807, 2.05) is 24.3 Å². The first-order valence-electron chi connectivity index (χ1n) is 6.54. The van der Waals surface area contributed by atoms with Crippen LogP contribution in [0.4, 0.5) is 0 Å². The molecule has 2 nitrogen and oxygen atoms in total. The van der Waals surface area contributed by atoms with Crippen LogP contribution >= 0.6 is 0 Å². The van der Waals surface area contributed by atoms with Gasteiger partial charge in [0, 0.05) is 0 Å². The van der Waals surface area contributed by atoms with Crippen LogP contribution in [0.2, 0.25) is 0 Å². The van der Waals surface area contributed by atoms with Crippen molar-refractivity contribution >= 4 is 5.97 Å². The Hall–Kier alpha value is -2.09. The molecule has 0 spiro atoms. The van der Waals surface area contributed by atoms with E-state index < -0.39 is 11.9 Å². The summed E-state index contributed by atoms with van der Waals surface area (Å²) in [5.41, 5.74) is 4.33. The average Bonchev–Trinajstić information content (AvgIpc) is 2.46. The van der Waals surface area contributed by atoms with Gasteiger partial charge in [0.2, 0.25) is 0 Å². The fraction of sp³-hybridized carbons (Fsp3) is 0.235. The summed E-state index contributed by atoms with van der Waals surface area (Å²) >= 11 is 0. The second kappa shape index (κ2) is 5.70. The maximum absolute atomic E-state index is 11.0. The van der Waals surface area contributed by atoms with Gasteiger partial charge in [0.05, 0.1) is 5.92 Å². The standard InChI is InChI=1S/C17H18O2/c1-3-13-7-9-14(10-8-13)16-6-4-5-15(11-16)12(2)17(18)19/h4-12H,3H2,1-2H3,(H,18,19). The highest BCUT2D eigenvalue weighted by Crippen LogP contribution is 2.24. The summed E-state index contributed by atoms with van der Waals surface area (Å²) < 4.78 is 0. The van der Waals surface area contributed by atoms with Gasteiger partial charge in [-0.3, -0.25) is 4.79 Å². The monoisotopic (exact) mass is 254 g/mol. The normalized spacial score (nSPS) is 12.1. The largest absolute Gasteiger partial charge is 0.481 e. The Labute approximate surface area is 113 Å². The van der Waals surface area contributed by atoms with Crippen LogP contribution in [-0.2, 0) is 11.2 Å². The van der Waals surface area contributed by atoms with Gasteiger partial charge in [0.25, 0.3) is 0 Å². The van der Waals surface area contributed by atoms with Crippen LogP contribution in [0.25, 0.3) is 11.1 Å². The Bertz CT molecular complexity index is 570. The highest BCUT2D eigenvalue weighted by Gasteiger charge is 2.13. The Morgan fingerprint density at radius 3 is 2.37 bits per heavy atom. The molecule has 2 rings (SSSR count). The minimum absolute atomic E-state index is 0.477. The highest BCUT2D eigenvalue weighted by molar-refractivity contribution is 5.76. The molecule has 0 fully saturated rings. The van der Waals surface area contributed by atoms with E-state index in [0.29, 0.717) is 0 Å². The van der Waals surface area contributed by atoms with Crippen LogP contribution in [0, 0.1) is 0 Å². The van der Waals surface area contributed by atoms with E-state index in [2.05, 4.69) is 31.2 Å². The van der Waals surface area contributed by atoms with Crippen LogP contribution in [0.1, 0.15) is 30.9 Å². The molecule has 2 aromatic rings. The first-order valence-corrected chi connectivity index (χ1v) is 6.54. The second-order valence-electron chi connectivity index (χ2n) is 4.74. The number of aliphatic carboxylic acids is 1. The first kappa shape index (κ1) is 13.3. The van der Waals surface area contributed by atoms with E-state index >= 15 is 0 Å². The van der Waals surface area contributed by atoms with Gasteiger partial charge in [-0.2, -0.15) is 0 Å². The third-order valence-corrected chi connectivity index (χ3v) is 3.45. The van der Waals surface area contributed by atoms with Crippen molar-refractivity contribution in [2.75, 3.05) is 0 Å². The van der Waals surface area contributed by atoms with Gasteiger partial charge in [-0.25, -0.2) is 0 Å². The molecule has 0 radical (unpaired) electrons. The lowest BCUT2D eigenvalue weighted by Gasteiger charge is -2.09. The van der Waals surface area contributed by atoms with E-state index in [1.54, 1.807) is 6.92 Å². The lowest BCUT2D eigenvalue weighted by molar-refractivity contribution is -0.138. The number of carboxylic acid groups (broad SMARTS) is 1. The molecule has 1 unspecified atom stereocenters. The summed E-state index contributed by atoms with van der Waals surface area (Å²) in [5.74, 6) is -1.27. The van der Waals surface area contributed by atoms with Gasteiger partial charge >= 0.3 is 5.97 Å². The van der Waals surface area contributed by atoms with Crippen molar-refractivity contribution in [3.05, 3.63) is 59.7 Å². The number of carboxylic acids is 1. The summed E-state index contributed by atoms with van der Waals surface area (Å²) in [5, 5.41) is 9.07. The molecule has 98 valence electrons. The number of hydrogen-bond acceptors (Lipinski definition) is 1. The predicted octanol–water partition coefficient (Wildman–Crippen LogP) is 4.10. The SMILES string of the molecule is CCc1ccc(-c2cccc(C(C)C(=O)O)c2)cc1. The molecule has 0 aliphatic carbocycles. The van der Waals surface area contributed by atoms with Crippen LogP contribution in [0.15, 0.2) is 48.5 Å². The molecule has 2 heteroatoms. The maximum Gasteiger partial charge on any atom is 0.310 e. The van der Waals surface area contributed by atoms with Crippen LogP contribution in [0.3, 0.4) is 0 Å². The Morgan fingerprint density at radius 2 is 1.79 bits per heavy atom. The van der Waals surface area contributed by atoms with E-state index in [9.17, 15) is 4.79 Å². The molecule has 1 atom stereocenters. The molecule has 0 saturated carbocycles. The van der Waals surface area contributed by atoms with Crippen molar-refractivity contribution in [1.82, 2.24) is 0 Å². The number of benzene rings is 2. The average molecular weight is 254 g/mol. The van der Waals surface area contributed by atoms with Gasteiger partial charge in [0.15, 0.2) is 0 Å². The Balaban J connectivity index is 2.34. The summed E-state index contributed by atoms with van der Waals surface area (Å²) in [4.78, 5) is 11.0. The van der Waals surface area contributed by atoms with Gasteiger partial charge < -0.3 is 5.11 Å². The Morgan fingerprint density at radius 1 is 1.11 bits per heavy atom. The fourth-order valence-corrected chi connectivity index (χ4v) is 2.06. The predicted molar refractivity (Wildman–Crippen MR) is 77.3 cm³/mol. The van der Waals surface area contributed by atoms with Gasteiger partial charge in [-0.15, -0.1) is 0 Å². The molecule has 0 saturated heterocycles. The van der Waals surface area contributed by atoms with Gasteiger partial charge in [-0.1, -0.05) is 55.5 Å². The Kier molecular flexibility index (Phi) is 4.00. The zero-order valence-electron chi connectivity index (χ0n) is 11.3. The molecule has 0 amide bonds. The number of hydrogen-bond donors (Lipinski definition) is 1. The second-order valence-corrected chi connectivity index (χ2v) is 4.74.